The van der Waals surface area contributed by atoms with Crippen LogP contribution in [0.5, 0.6) is 0 Å². The summed E-state index contributed by atoms with van der Waals surface area (Å²) in [5, 5.41) is 0. The fourth-order valence-electron chi connectivity index (χ4n) is 5.18. The van der Waals surface area contributed by atoms with Crippen molar-refractivity contribution in [2.75, 3.05) is 6.61 Å². The molecule has 1 aliphatic carbocycles. The SMILES string of the molecule is CC(=O)[C@H]1[C@H](C)[C@@H](CO[Si](C(C)C)(C(C)C)C(C)C)C[C@H]1C=O. The Bertz CT molecular complexity index is 395. The van der Waals surface area contributed by atoms with E-state index < -0.39 is 8.32 Å². The van der Waals surface area contributed by atoms with Gasteiger partial charge in [0.1, 0.15) is 12.1 Å². The molecule has 1 saturated carbocycles. The van der Waals surface area contributed by atoms with Crippen LogP contribution in [0.15, 0.2) is 0 Å². The molecule has 0 spiro atoms. The molecule has 0 unspecified atom stereocenters. The molecule has 1 aliphatic rings. The van der Waals surface area contributed by atoms with Crippen molar-refractivity contribution in [2.45, 2.75) is 78.4 Å². The molecule has 0 amide bonds. The van der Waals surface area contributed by atoms with Gasteiger partial charge in [0, 0.05) is 18.4 Å². The summed E-state index contributed by atoms with van der Waals surface area (Å²) in [6.07, 6.45) is 1.79. The molecule has 0 aliphatic heterocycles. The number of carbonyl (C=O) groups is 2. The normalized spacial score (nSPS) is 28.8. The number of carbonyl (C=O) groups excluding carboxylic acids is 2. The van der Waals surface area contributed by atoms with Crippen LogP contribution >= 0.6 is 0 Å². The number of ketones is 1. The molecule has 23 heavy (non-hydrogen) atoms. The lowest BCUT2D eigenvalue weighted by Crippen LogP contribution is -2.48. The van der Waals surface area contributed by atoms with Crippen molar-refractivity contribution in [3.8, 4) is 0 Å². The van der Waals surface area contributed by atoms with Gasteiger partial charge in [-0.25, -0.2) is 0 Å². The van der Waals surface area contributed by atoms with Crippen LogP contribution in [0.3, 0.4) is 0 Å². The second-order valence-electron chi connectivity index (χ2n) is 8.42. The molecule has 0 saturated heterocycles. The summed E-state index contributed by atoms with van der Waals surface area (Å²) in [5.74, 6) is 0.471. The topological polar surface area (TPSA) is 43.4 Å². The summed E-state index contributed by atoms with van der Waals surface area (Å²) < 4.78 is 6.70. The van der Waals surface area contributed by atoms with E-state index in [-0.39, 0.29) is 23.5 Å². The van der Waals surface area contributed by atoms with Gasteiger partial charge in [-0.3, -0.25) is 4.79 Å². The van der Waals surface area contributed by atoms with Crippen molar-refractivity contribution in [3.63, 3.8) is 0 Å². The molecule has 4 heteroatoms. The smallest absolute Gasteiger partial charge is 0.200 e. The summed E-state index contributed by atoms with van der Waals surface area (Å²) in [6, 6.07) is 0. The average Bonchev–Trinajstić information content (AvgIpc) is 2.74. The molecule has 0 heterocycles. The van der Waals surface area contributed by atoms with Crippen molar-refractivity contribution in [2.24, 2.45) is 23.7 Å². The molecule has 0 aromatic rings. The molecule has 3 nitrogen and oxygen atoms in total. The Morgan fingerprint density at radius 1 is 1.13 bits per heavy atom. The third-order valence-electron chi connectivity index (χ3n) is 6.24. The molecule has 0 bridgehead atoms. The van der Waals surface area contributed by atoms with E-state index in [0.717, 1.165) is 12.7 Å². The zero-order valence-corrected chi connectivity index (χ0v) is 17.3. The van der Waals surface area contributed by atoms with Gasteiger partial charge in [-0.1, -0.05) is 48.5 Å². The van der Waals surface area contributed by atoms with Gasteiger partial charge in [-0.15, -0.1) is 0 Å². The Kier molecular flexibility index (Phi) is 7.21. The van der Waals surface area contributed by atoms with E-state index in [0.29, 0.717) is 29.1 Å². The summed E-state index contributed by atoms with van der Waals surface area (Å²) in [7, 11) is -1.88. The van der Waals surface area contributed by atoms with Gasteiger partial charge in [0.05, 0.1) is 0 Å². The number of rotatable bonds is 8. The number of hydrogen-bond donors (Lipinski definition) is 0. The molecular formula is C19H36O3Si. The number of aldehydes is 1. The Morgan fingerprint density at radius 2 is 1.61 bits per heavy atom. The van der Waals surface area contributed by atoms with Crippen LogP contribution in [0.1, 0.15) is 61.8 Å². The minimum Gasteiger partial charge on any atom is -0.416 e. The molecule has 1 rings (SSSR count). The van der Waals surface area contributed by atoms with E-state index in [1.807, 2.05) is 0 Å². The van der Waals surface area contributed by atoms with Crippen molar-refractivity contribution >= 4 is 20.4 Å². The highest BCUT2D eigenvalue weighted by molar-refractivity contribution is 6.77. The van der Waals surface area contributed by atoms with Crippen LogP contribution in [-0.4, -0.2) is 27.0 Å². The molecular weight excluding hydrogens is 304 g/mol. The Hall–Kier alpha value is -0.483. The largest absolute Gasteiger partial charge is 0.416 e. The van der Waals surface area contributed by atoms with E-state index >= 15 is 0 Å². The van der Waals surface area contributed by atoms with Gasteiger partial charge < -0.3 is 9.22 Å². The first-order chi connectivity index (χ1) is 10.6. The lowest BCUT2D eigenvalue weighted by atomic mass is 9.86. The minimum atomic E-state index is -1.88. The quantitative estimate of drug-likeness (QED) is 0.468. The van der Waals surface area contributed by atoms with Crippen LogP contribution in [0, 0.1) is 23.7 Å². The molecule has 1 fully saturated rings. The standard InChI is InChI=1S/C19H36O3Si/c1-12(2)23(13(3)4,14(5)6)22-11-18-9-17(10-20)19(15(18)7)16(8)21/h10,12-15,17-19H,9,11H2,1-8H3/t15-,17+,18-,19-/m1/s1. The molecule has 134 valence electrons. The van der Waals surface area contributed by atoms with Gasteiger partial charge in [-0.2, -0.15) is 0 Å². The highest BCUT2D eigenvalue weighted by Crippen LogP contribution is 2.45. The first-order valence-corrected chi connectivity index (χ1v) is 11.3. The number of Topliss-reactive ketones (excluding diaryl/α,β-unsaturated/α-hetero) is 1. The molecule has 0 aromatic carbocycles. The first kappa shape index (κ1) is 20.6. The van der Waals surface area contributed by atoms with E-state index in [2.05, 4.69) is 48.5 Å². The summed E-state index contributed by atoms with van der Waals surface area (Å²) >= 11 is 0. The third-order valence-corrected chi connectivity index (χ3v) is 12.3. The van der Waals surface area contributed by atoms with E-state index in [1.165, 1.54) is 0 Å². The van der Waals surface area contributed by atoms with Gasteiger partial charge >= 0.3 is 0 Å². The van der Waals surface area contributed by atoms with Crippen LogP contribution in [0.2, 0.25) is 16.6 Å². The zero-order valence-electron chi connectivity index (χ0n) is 16.3. The summed E-state index contributed by atoms with van der Waals surface area (Å²) in [5.41, 5.74) is 1.68. The van der Waals surface area contributed by atoms with Crippen LogP contribution in [0.25, 0.3) is 0 Å². The monoisotopic (exact) mass is 340 g/mol. The van der Waals surface area contributed by atoms with Gasteiger partial charge in [-0.05, 0) is 41.8 Å². The second kappa shape index (κ2) is 8.06. The van der Waals surface area contributed by atoms with Crippen molar-refractivity contribution in [1.82, 2.24) is 0 Å². The van der Waals surface area contributed by atoms with Crippen molar-refractivity contribution in [1.29, 1.82) is 0 Å². The molecule has 0 N–H and O–H groups in total. The lowest BCUT2D eigenvalue weighted by molar-refractivity contribution is -0.126. The maximum absolute atomic E-state index is 11.9. The number of hydrogen-bond acceptors (Lipinski definition) is 3. The lowest BCUT2D eigenvalue weighted by Gasteiger charge is -2.43. The molecule has 0 radical (unpaired) electrons. The second-order valence-corrected chi connectivity index (χ2v) is 13.9. The highest BCUT2D eigenvalue weighted by Gasteiger charge is 2.48. The maximum Gasteiger partial charge on any atom is 0.200 e. The fraction of sp³-hybridized carbons (Fsp3) is 0.895. The summed E-state index contributed by atoms with van der Waals surface area (Å²) in [6.45, 7) is 18.2. The zero-order chi connectivity index (χ0) is 17.9. The minimum absolute atomic E-state index is 0.116. The van der Waals surface area contributed by atoms with Crippen LogP contribution < -0.4 is 0 Å². The van der Waals surface area contributed by atoms with Crippen LogP contribution in [0.4, 0.5) is 0 Å². The average molecular weight is 341 g/mol. The van der Waals surface area contributed by atoms with E-state index in [4.69, 9.17) is 4.43 Å². The molecule has 4 atom stereocenters. The fourth-order valence-corrected chi connectivity index (χ4v) is 10.7. The predicted octanol–water partition coefficient (Wildman–Crippen LogP) is 4.85. The van der Waals surface area contributed by atoms with Gasteiger partial charge in [0.15, 0.2) is 8.32 Å². The maximum atomic E-state index is 11.9. The van der Waals surface area contributed by atoms with Gasteiger partial charge in [0.2, 0.25) is 0 Å². The first-order valence-electron chi connectivity index (χ1n) is 9.19. The highest BCUT2D eigenvalue weighted by atomic mass is 28.4. The third kappa shape index (κ3) is 3.96. The predicted molar refractivity (Wildman–Crippen MR) is 98.0 cm³/mol. The van der Waals surface area contributed by atoms with Gasteiger partial charge in [0.25, 0.3) is 0 Å². The van der Waals surface area contributed by atoms with Crippen molar-refractivity contribution in [3.05, 3.63) is 0 Å². The Balaban J connectivity index is 2.91. The Morgan fingerprint density at radius 3 is 1.91 bits per heavy atom. The van der Waals surface area contributed by atoms with Crippen molar-refractivity contribution < 1.29 is 14.0 Å². The molecule has 0 aromatic heterocycles. The summed E-state index contributed by atoms with van der Waals surface area (Å²) in [4.78, 5) is 23.3. The van der Waals surface area contributed by atoms with E-state index in [1.54, 1.807) is 6.92 Å². The van der Waals surface area contributed by atoms with E-state index in [9.17, 15) is 9.59 Å². The Labute approximate surface area is 143 Å². The van der Waals surface area contributed by atoms with Crippen LogP contribution in [-0.2, 0) is 14.0 Å².